The zero-order valence-electron chi connectivity index (χ0n) is 16.8. The van der Waals surface area contributed by atoms with E-state index in [4.69, 9.17) is 14.5 Å². The lowest BCUT2D eigenvalue weighted by Crippen LogP contribution is -2.42. The third-order valence-corrected chi connectivity index (χ3v) is 5.10. The minimum atomic E-state index is -0.214. The molecule has 1 aromatic carbocycles. The van der Waals surface area contributed by atoms with Gasteiger partial charge in [-0.15, -0.1) is 0 Å². The smallest absolute Gasteiger partial charge is 0.191 e. The summed E-state index contributed by atoms with van der Waals surface area (Å²) in [7, 11) is 0. The van der Waals surface area contributed by atoms with Gasteiger partial charge in [-0.05, 0) is 43.4 Å². The number of nitrogens with one attached hydrogen (secondary N) is 2. The molecule has 1 atom stereocenters. The summed E-state index contributed by atoms with van der Waals surface area (Å²) in [5.41, 5.74) is 1.08. The van der Waals surface area contributed by atoms with Crippen molar-refractivity contribution in [2.24, 2.45) is 10.9 Å². The monoisotopic (exact) mass is 392 g/mol. The Balaban J connectivity index is 1.57. The fraction of sp³-hybridized carbons (Fsp3) is 0.667. The maximum atomic E-state index is 13.4. The molecule has 0 radical (unpaired) electrons. The molecule has 1 saturated carbocycles. The zero-order valence-corrected chi connectivity index (χ0v) is 16.8. The SMILES string of the molecule is CCNC(=NCC(c1ccc(F)cc1)N1CCOCC1)NCCOCC1CC1. The van der Waals surface area contributed by atoms with Crippen LogP contribution in [0.4, 0.5) is 4.39 Å². The van der Waals surface area contributed by atoms with Gasteiger partial charge in [0, 0.05) is 32.8 Å². The van der Waals surface area contributed by atoms with Crippen molar-refractivity contribution in [3.63, 3.8) is 0 Å². The molecule has 1 aliphatic carbocycles. The fourth-order valence-corrected chi connectivity index (χ4v) is 3.30. The van der Waals surface area contributed by atoms with Crippen molar-refractivity contribution in [1.29, 1.82) is 0 Å². The van der Waals surface area contributed by atoms with E-state index in [0.29, 0.717) is 13.2 Å². The minimum Gasteiger partial charge on any atom is -0.379 e. The van der Waals surface area contributed by atoms with E-state index in [1.165, 1.54) is 25.0 Å². The molecule has 2 aliphatic rings. The largest absolute Gasteiger partial charge is 0.379 e. The number of halogens is 1. The molecule has 0 aromatic heterocycles. The van der Waals surface area contributed by atoms with Gasteiger partial charge in [0.1, 0.15) is 5.82 Å². The predicted molar refractivity (Wildman–Crippen MR) is 109 cm³/mol. The van der Waals surface area contributed by atoms with Gasteiger partial charge in [-0.25, -0.2) is 4.39 Å². The van der Waals surface area contributed by atoms with E-state index in [0.717, 1.165) is 63.4 Å². The Labute approximate surface area is 167 Å². The number of hydrogen-bond donors (Lipinski definition) is 2. The normalized spacial score (nSPS) is 19.4. The van der Waals surface area contributed by atoms with Crippen LogP contribution in [0.3, 0.4) is 0 Å². The summed E-state index contributed by atoms with van der Waals surface area (Å²) in [5, 5.41) is 6.64. The summed E-state index contributed by atoms with van der Waals surface area (Å²) in [6.07, 6.45) is 2.62. The average Bonchev–Trinajstić information content (AvgIpc) is 3.54. The van der Waals surface area contributed by atoms with E-state index in [-0.39, 0.29) is 11.9 Å². The standard InChI is InChI=1S/C21H33FN4O2/c1-2-23-21(24-9-12-28-16-17-3-4-17)25-15-20(26-10-13-27-14-11-26)18-5-7-19(22)8-6-18/h5-8,17,20H,2-4,9-16H2,1H3,(H2,23,24,25). The molecule has 2 N–H and O–H groups in total. The first-order valence-corrected chi connectivity index (χ1v) is 10.4. The molecule has 1 saturated heterocycles. The number of rotatable bonds is 10. The van der Waals surface area contributed by atoms with Crippen molar-refractivity contribution < 1.29 is 13.9 Å². The molecular formula is C21H33FN4O2. The summed E-state index contributed by atoms with van der Waals surface area (Å²) in [5.74, 6) is 1.36. The topological polar surface area (TPSA) is 58.1 Å². The van der Waals surface area contributed by atoms with E-state index in [9.17, 15) is 4.39 Å². The number of morpholine rings is 1. The molecule has 28 heavy (non-hydrogen) atoms. The molecule has 6 nitrogen and oxygen atoms in total. The van der Waals surface area contributed by atoms with Gasteiger partial charge in [0.05, 0.1) is 32.4 Å². The maximum absolute atomic E-state index is 13.4. The Morgan fingerprint density at radius 3 is 2.68 bits per heavy atom. The highest BCUT2D eigenvalue weighted by molar-refractivity contribution is 5.79. The molecule has 7 heteroatoms. The highest BCUT2D eigenvalue weighted by Gasteiger charge is 2.23. The van der Waals surface area contributed by atoms with E-state index >= 15 is 0 Å². The first-order valence-electron chi connectivity index (χ1n) is 10.4. The zero-order chi connectivity index (χ0) is 19.6. The molecule has 1 aromatic rings. The Kier molecular flexibility index (Phi) is 8.51. The molecular weight excluding hydrogens is 359 g/mol. The van der Waals surface area contributed by atoms with Gasteiger partial charge >= 0.3 is 0 Å². The molecule has 1 unspecified atom stereocenters. The third-order valence-electron chi connectivity index (χ3n) is 5.10. The second kappa shape index (κ2) is 11.3. The average molecular weight is 393 g/mol. The van der Waals surface area contributed by atoms with Crippen molar-refractivity contribution in [3.05, 3.63) is 35.6 Å². The Morgan fingerprint density at radius 2 is 2.00 bits per heavy atom. The predicted octanol–water partition coefficient (Wildman–Crippen LogP) is 2.18. The van der Waals surface area contributed by atoms with E-state index in [1.807, 2.05) is 12.1 Å². The second-order valence-corrected chi connectivity index (χ2v) is 7.38. The summed E-state index contributed by atoms with van der Waals surface area (Å²) in [6.45, 7) is 8.91. The lowest BCUT2D eigenvalue weighted by molar-refractivity contribution is 0.0179. The number of aliphatic imine (C=N–C) groups is 1. The fourth-order valence-electron chi connectivity index (χ4n) is 3.30. The molecule has 156 valence electrons. The number of guanidine groups is 1. The molecule has 1 aliphatic heterocycles. The van der Waals surface area contributed by atoms with Gasteiger partial charge in [-0.1, -0.05) is 12.1 Å². The summed E-state index contributed by atoms with van der Waals surface area (Å²) in [4.78, 5) is 7.16. The lowest BCUT2D eigenvalue weighted by atomic mass is 10.0. The highest BCUT2D eigenvalue weighted by Crippen LogP contribution is 2.28. The molecule has 3 rings (SSSR count). The third kappa shape index (κ3) is 7.04. The first-order chi connectivity index (χ1) is 13.8. The van der Waals surface area contributed by atoms with E-state index < -0.39 is 0 Å². The minimum absolute atomic E-state index is 0.103. The summed E-state index contributed by atoms with van der Waals surface area (Å²) in [6, 6.07) is 6.86. The van der Waals surface area contributed by atoms with Crippen LogP contribution in [-0.4, -0.2) is 70.0 Å². The number of ether oxygens (including phenoxy) is 2. The van der Waals surface area contributed by atoms with Gasteiger partial charge in [0.2, 0.25) is 0 Å². The van der Waals surface area contributed by atoms with Crippen molar-refractivity contribution in [2.75, 3.05) is 59.2 Å². The van der Waals surface area contributed by atoms with E-state index in [2.05, 4.69) is 22.5 Å². The molecule has 1 heterocycles. The second-order valence-electron chi connectivity index (χ2n) is 7.38. The Bertz CT molecular complexity index is 601. The quantitative estimate of drug-likeness (QED) is 0.363. The van der Waals surface area contributed by atoms with Gasteiger partial charge in [0.25, 0.3) is 0 Å². The van der Waals surface area contributed by atoms with Crippen LogP contribution in [0.5, 0.6) is 0 Å². The van der Waals surface area contributed by atoms with Crippen LogP contribution in [0.2, 0.25) is 0 Å². The Hall–Kier alpha value is -1.70. The van der Waals surface area contributed by atoms with Gasteiger partial charge in [0.15, 0.2) is 5.96 Å². The van der Waals surface area contributed by atoms with Gasteiger partial charge in [-0.2, -0.15) is 0 Å². The summed E-state index contributed by atoms with van der Waals surface area (Å²) < 4.78 is 24.5. The molecule has 0 amide bonds. The maximum Gasteiger partial charge on any atom is 0.191 e. The van der Waals surface area contributed by atoms with Crippen LogP contribution >= 0.6 is 0 Å². The number of hydrogen-bond acceptors (Lipinski definition) is 4. The Morgan fingerprint density at radius 1 is 1.25 bits per heavy atom. The highest BCUT2D eigenvalue weighted by atomic mass is 19.1. The van der Waals surface area contributed by atoms with Crippen LogP contribution in [0.1, 0.15) is 31.4 Å². The molecule has 2 fully saturated rings. The van der Waals surface area contributed by atoms with Crippen LogP contribution in [0, 0.1) is 11.7 Å². The van der Waals surface area contributed by atoms with Crippen LogP contribution in [-0.2, 0) is 9.47 Å². The van der Waals surface area contributed by atoms with Crippen LogP contribution in [0.15, 0.2) is 29.3 Å². The van der Waals surface area contributed by atoms with Crippen molar-refractivity contribution in [2.45, 2.75) is 25.8 Å². The van der Waals surface area contributed by atoms with Gasteiger partial charge in [-0.3, -0.25) is 9.89 Å². The number of nitrogens with zero attached hydrogens (tertiary/aromatic N) is 2. The molecule has 0 bridgehead atoms. The van der Waals surface area contributed by atoms with Crippen LogP contribution < -0.4 is 10.6 Å². The van der Waals surface area contributed by atoms with Crippen molar-refractivity contribution in [3.8, 4) is 0 Å². The van der Waals surface area contributed by atoms with Crippen molar-refractivity contribution >= 4 is 5.96 Å². The van der Waals surface area contributed by atoms with Crippen molar-refractivity contribution in [1.82, 2.24) is 15.5 Å². The molecule has 0 spiro atoms. The lowest BCUT2D eigenvalue weighted by Gasteiger charge is -2.34. The van der Waals surface area contributed by atoms with E-state index in [1.54, 1.807) is 0 Å². The number of benzene rings is 1. The summed E-state index contributed by atoms with van der Waals surface area (Å²) >= 11 is 0. The van der Waals surface area contributed by atoms with Crippen LogP contribution in [0.25, 0.3) is 0 Å². The first kappa shape index (κ1) is 21.0. The van der Waals surface area contributed by atoms with Gasteiger partial charge < -0.3 is 20.1 Å².